The lowest BCUT2D eigenvalue weighted by atomic mass is 9.96. The van der Waals surface area contributed by atoms with Crippen LogP contribution < -0.4 is 5.32 Å². The first-order valence-corrected chi connectivity index (χ1v) is 9.90. The van der Waals surface area contributed by atoms with Crippen molar-refractivity contribution in [2.24, 2.45) is 11.1 Å². The number of oxime groups is 1. The fraction of sp³-hybridized carbons (Fsp3) is 0.364. The van der Waals surface area contributed by atoms with E-state index in [-0.39, 0.29) is 23.8 Å². The maximum Gasteiger partial charge on any atom is 0.271 e. The van der Waals surface area contributed by atoms with Gasteiger partial charge in [0.1, 0.15) is 11.5 Å². The van der Waals surface area contributed by atoms with Crippen molar-refractivity contribution in [3.63, 3.8) is 0 Å². The zero-order chi connectivity index (χ0) is 20.2. The van der Waals surface area contributed by atoms with E-state index in [2.05, 4.69) is 15.5 Å². The van der Waals surface area contributed by atoms with Crippen LogP contribution in [-0.2, 0) is 14.4 Å². The molecule has 1 N–H and O–H groups in total. The number of likely N-dealkylation sites (tertiary alicyclic amines) is 1. The van der Waals surface area contributed by atoms with Crippen LogP contribution in [0.5, 0.6) is 0 Å². The van der Waals surface area contributed by atoms with E-state index in [1.807, 2.05) is 43.3 Å². The molecule has 2 aliphatic heterocycles. The molecule has 7 heteroatoms. The Hall–Kier alpha value is -3.22. The Labute approximate surface area is 169 Å². The molecule has 150 valence electrons. The van der Waals surface area contributed by atoms with Crippen LogP contribution in [0, 0.1) is 12.8 Å². The van der Waals surface area contributed by atoms with Gasteiger partial charge in [0.15, 0.2) is 6.10 Å². The summed E-state index contributed by atoms with van der Waals surface area (Å²) in [5.74, 6) is 0.0204. The third kappa shape index (κ3) is 4.45. The molecule has 29 heavy (non-hydrogen) atoms. The summed E-state index contributed by atoms with van der Waals surface area (Å²) in [7, 11) is 0. The quantitative estimate of drug-likeness (QED) is 0.867. The molecule has 0 radical (unpaired) electrons. The fourth-order valence-electron chi connectivity index (χ4n) is 3.68. The molecular weight excluding hydrogens is 368 g/mol. The van der Waals surface area contributed by atoms with E-state index in [0.717, 1.165) is 24.0 Å². The van der Waals surface area contributed by atoms with Gasteiger partial charge in [0.05, 0.1) is 5.92 Å². The summed E-state index contributed by atoms with van der Waals surface area (Å²) < 4.78 is 0. The summed E-state index contributed by atoms with van der Waals surface area (Å²) in [6.07, 6.45) is 3.46. The van der Waals surface area contributed by atoms with Crippen molar-refractivity contribution >= 4 is 23.3 Å². The Morgan fingerprint density at radius 2 is 2.00 bits per heavy atom. The topological polar surface area (TPSA) is 83.9 Å². The van der Waals surface area contributed by atoms with Crippen LogP contribution in [0.3, 0.4) is 0 Å². The highest BCUT2D eigenvalue weighted by atomic mass is 16.6. The monoisotopic (exact) mass is 392 g/mol. The number of rotatable bonds is 4. The molecule has 2 aliphatic rings. The number of hydrogen-bond acceptors (Lipinski definition) is 5. The highest BCUT2D eigenvalue weighted by molar-refractivity contribution is 6.39. The summed E-state index contributed by atoms with van der Waals surface area (Å²) in [4.78, 5) is 37.0. The van der Waals surface area contributed by atoms with Crippen molar-refractivity contribution in [3.8, 4) is 0 Å². The lowest BCUT2D eigenvalue weighted by Crippen LogP contribution is -2.46. The number of benzene rings is 1. The Kier molecular flexibility index (Phi) is 5.55. The predicted molar refractivity (Wildman–Crippen MR) is 109 cm³/mol. The van der Waals surface area contributed by atoms with Gasteiger partial charge in [0, 0.05) is 25.7 Å². The van der Waals surface area contributed by atoms with Crippen molar-refractivity contribution < 1.29 is 14.4 Å². The summed E-state index contributed by atoms with van der Waals surface area (Å²) in [6.45, 7) is 2.95. The summed E-state index contributed by atoms with van der Waals surface area (Å²) in [5.41, 5.74) is 2.45. The average Bonchev–Trinajstić information content (AvgIpc) is 3.26. The normalized spacial score (nSPS) is 21.3. The Morgan fingerprint density at radius 1 is 1.17 bits per heavy atom. The lowest BCUT2D eigenvalue weighted by molar-refractivity contribution is -0.128. The number of nitrogens with one attached hydrogen (secondary N) is 1. The third-order valence-corrected chi connectivity index (χ3v) is 5.33. The molecule has 2 unspecified atom stereocenters. The first-order chi connectivity index (χ1) is 14.1. The van der Waals surface area contributed by atoms with E-state index in [4.69, 9.17) is 4.84 Å². The molecule has 2 atom stereocenters. The fourth-order valence-corrected chi connectivity index (χ4v) is 3.68. The first-order valence-electron chi connectivity index (χ1n) is 9.90. The van der Waals surface area contributed by atoms with E-state index in [1.165, 1.54) is 0 Å². The maximum absolute atomic E-state index is 12.9. The minimum Gasteiger partial charge on any atom is -0.387 e. The van der Waals surface area contributed by atoms with Gasteiger partial charge in [-0.2, -0.15) is 0 Å². The molecule has 0 bridgehead atoms. The molecule has 0 saturated carbocycles. The second-order valence-corrected chi connectivity index (χ2v) is 7.55. The zero-order valence-corrected chi connectivity index (χ0v) is 16.4. The van der Waals surface area contributed by atoms with Crippen LogP contribution in [0.4, 0.5) is 5.82 Å². The van der Waals surface area contributed by atoms with Gasteiger partial charge in [0.25, 0.3) is 5.91 Å². The van der Waals surface area contributed by atoms with E-state index in [0.29, 0.717) is 31.0 Å². The molecule has 1 aromatic carbocycles. The standard InChI is InChI=1S/C22H24N4O3/c1-15-9-10-20(23-13-15)24-21(27)17-8-5-11-26(14-17)22(28)18-12-19(29-25-18)16-6-3-2-4-7-16/h2-4,6-7,9-10,13,17,19H,5,8,11-12,14H2,1H3,(H,23,24,27). The number of piperidine rings is 1. The van der Waals surface area contributed by atoms with Gasteiger partial charge in [-0.3, -0.25) is 9.59 Å². The maximum atomic E-state index is 12.9. The highest BCUT2D eigenvalue weighted by Crippen LogP contribution is 2.28. The van der Waals surface area contributed by atoms with Gasteiger partial charge in [-0.25, -0.2) is 4.98 Å². The Balaban J connectivity index is 1.35. The van der Waals surface area contributed by atoms with Crippen LogP contribution >= 0.6 is 0 Å². The summed E-state index contributed by atoms with van der Waals surface area (Å²) in [5, 5.41) is 6.88. The minimum absolute atomic E-state index is 0.106. The van der Waals surface area contributed by atoms with Crippen molar-refractivity contribution in [3.05, 3.63) is 59.8 Å². The van der Waals surface area contributed by atoms with Gasteiger partial charge in [-0.05, 0) is 37.0 Å². The number of amides is 2. The number of carbonyl (C=O) groups excluding carboxylic acids is 2. The molecule has 0 aliphatic carbocycles. The summed E-state index contributed by atoms with van der Waals surface area (Å²) in [6, 6.07) is 13.4. The lowest BCUT2D eigenvalue weighted by Gasteiger charge is -2.31. The van der Waals surface area contributed by atoms with Gasteiger partial charge in [-0.1, -0.05) is 41.6 Å². The second-order valence-electron chi connectivity index (χ2n) is 7.55. The number of aryl methyl sites for hydroxylation is 1. The molecule has 2 aromatic rings. The second kappa shape index (κ2) is 8.43. The van der Waals surface area contributed by atoms with Gasteiger partial charge in [0.2, 0.25) is 5.91 Å². The summed E-state index contributed by atoms with van der Waals surface area (Å²) >= 11 is 0. The number of aromatic nitrogens is 1. The van der Waals surface area contributed by atoms with Crippen LogP contribution in [0.2, 0.25) is 0 Å². The zero-order valence-electron chi connectivity index (χ0n) is 16.4. The van der Waals surface area contributed by atoms with Crippen LogP contribution in [0.25, 0.3) is 0 Å². The van der Waals surface area contributed by atoms with E-state index < -0.39 is 0 Å². The molecule has 1 fully saturated rings. The van der Waals surface area contributed by atoms with E-state index in [9.17, 15) is 9.59 Å². The van der Waals surface area contributed by atoms with Crippen molar-refractivity contribution in [1.29, 1.82) is 0 Å². The SMILES string of the molecule is Cc1ccc(NC(=O)C2CCCN(C(=O)C3=NOC(c4ccccc4)C3)C2)nc1. The number of nitrogens with zero attached hydrogens (tertiary/aromatic N) is 3. The molecule has 1 aromatic heterocycles. The smallest absolute Gasteiger partial charge is 0.271 e. The molecular formula is C22H24N4O3. The van der Waals surface area contributed by atoms with Crippen molar-refractivity contribution in [2.75, 3.05) is 18.4 Å². The number of hydrogen-bond donors (Lipinski definition) is 1. The van der Waals surface area contributed by atoms with Gasteiger partial charge in [-0.15, -0.1) is 0 Å². The molecule has 4 rings (SSSR count). The molecule has 7 nitrogen and oxygen atoms in total. The van der Waals surface area contributed by atoms with Crippen molar-refractivity contribution in [1.82, 2.24) is 9.88 Å². The Morgan fingerprint density at radius 3 is 2.76 bits per heavy atom. The molecule has 3 heterocycles. The predicted octanol–water partition coefficient (Wildman–Crippen LogP) is 3.08. The Bertz CT molecular complexity index is 911. The number of carbonyl (C=O) groups is 2. The third-order valence-electron chi connectivity index (χ3n) is 5.33. The minimum atomic E-state index is -0.261. The number of pyridine rings is 1. The van der Waals surface area contributed by atoms with Crippen LogP contribution in [-0.4, -0.2) is 40.5 Å². The van der Waals surface area contributed by atoms with Crippen LogP contribution in [0.15, 0.2) is 53.8 Å². The van der Waals surface area contributed by atoms with Gasteiger partial charge >= 0.3 is 0 Å². The van der Waals surface area contributed by atoms with Gasteiger partial charge < -0.3 is 15.1 Å². The van der Waals surface area contributed by atoms with E-state index in [1.54, 1.807) is 17.2 Å². The largest absolute Gasteiger partial charge is 0.387 e. The first kappa shape index (κ1) is 19.1. The molecule has 0 spiro atoms. The van der Waals surface area contributed by atoms with E-state index >= 15 is 0 Å². The molecule has 2 amide bonds. The molecule has 1 saturated heterocycles. The average molecular weight is 392 g/mol. The highest BCUT2D eigenvalue weighted by Gasteiger charge is 2.34. The number of anilines is 1. The van der Waals surface area contributed by atoms with Crippen molar-refractivity contribution in [2.45, 2.75) is 32.3 Å². The van der Waals surface area contributed by atoms with Crippen LogP contribution in [0.1, 0.15) is 36.5 Å².